The number of hydrogen-bond acceptors (Lipinski definition) is 4. The summed E-state index contributed by atoms with van der Waals surface area (Å²) in [7, 11) is 0. The standard InChI is InChI=1S/C31H33F3N4O3/c32-31(33,34)21-35-29(40)30(26-11-3-1-9-24(26)25-10-2-4-12-27(25)30)15-5-6-16-37-18-13-23(14-19-37)36-28(39)22-8-7-17-38(41)20-22/h1-4,7-12,17,20,23H,5-6,13-16,18-19,21H2,(H2-,35,36,39,40,41)/p+1. The Morgan fingerprint density at radius 2 is 1.59 bits per heavy atom. The van der Waals surface area contributed by atoms with Crippen molar-refractivity contribution in [2.75, 3.05) is 26.2 Å². The average Bonchev–Trinajstić information content (AvgIpc) is 3.25. The third kappa shape index (κ3) is 6.22. The quantitative estimate of drug-likeness (QED) is 0.205. The number of pyridine rings is 1. The third-order valence-corrected chi connectivity index (χ3v) is 8.15. The molecule has 1 fully saturated rings. The highest BCUT2D eigenvalue weighted by Crippen LogP contribution is 2.51. The molecule has 5 rings (SSSR count). The highest BCUT2D eigenvalue weighted by atomic mass is 19.4. The maximum atomic E-state index is 13.6. The van der Waals surface area contributed by atoms with Crippen LogP contribution >= 0.6 is 0 Å². The van der Waals surface area contributed by atoms with Gasteiger partial charge in [-0.2, -0.15) is 13.2 Å². The number of benzene rings is 2. The smallest absolute Gasteiger partial charge is 0.349 e. The number of piperidine rings is 1. The molecule has 0 bridgehead atoms. The zero-order valence-electron chi connectivity index (χ0n) is 22.7. The van der Waals surface area contributed by atoms with Gasteiger partial charge in [0.15, 0.2) is 0 Å². The molecule has 41 heavy (non-hydrogen) atoms. The van der Waals surface area contributed by atoms with Crippen LogP contribution in [0.3, 0.4) is 0 Å². The molecule has 0 saturated carbocycles. The van der Waals surface area contributed by atoms with Crippen LogP contribution in [0.25, 0.3) is 11.1 Å². The van der Waals surface area contributed by atoms with Crippen LogP contribution in [0, 0.1) is 0 Å². The molecule has 0 unspecified atom stereocenters. The molecule has 2 aliphatic rings. The fourth-order valence-corrected chi connectivity index (χ4v) is 6.18. The van der Waals surface area contributed by atoms with Crippen LogP contribution in [-0.2, 0) is 10.2 Å². The molecule has 10 heteroatoms. The summed E-state index contributed by atoms with van der Waals surface area (Å²) in [6, 6.07) is 18.3. The highest BCUT2D eigenvalue weighted by molar-refractivity contribution is 6.00. The molecule has 2 aromatic carbocycles. The summed E-state index contributed by atoms with van der Waals surface area (Å²) in [6.45, 7) is 1.05. The van der Waals surface area contributed by atoms with E-state index in [1.165, 1.54) is 12.4 Å². The van der Waals surface area contributed by atoms with Crippen LogP contribution in [-0.4, -0.2) is 60.3 Å². The van der Waals surface area contributed by atoms with Crippen LogP contribution in [0.5, 0.6) is 0 Å². The van der Waals surface area contributed by atoms with Crippen molar-refractivity contribution in [3.05, 3.63) is 89.7 Å². The van der Waals surface area contributed by atoms with Crippen molar-refractivity contribution in [1.29, 1.82) is 0 Å². The SMILES string of the molecule is O=C(NC1CCN(CCCCC2(C(=O)NCC(F)(F)F)c3ccccc3-c3ccccc32)CC1)c1ccc[n+](O)c1. The van der Waals surface area contributed by atoms with Crippen molar-refractivity contribution in [2.24, 2.45) is 0 Å². The molecule has 7 nitrogen and oxygen atoms in total. The van der Waals surface area contributed by atoms with E-state index in [1.54, 1.807) is 12.1 Å². The van der Waals surface area contributed by atoms with Crippen molar-refractivity contribution >= 4 is 11.8 Å². The van der Waals surface area contributed by atoms with Gasteiger partial charge in [-0.05, 0) is 60.5 Å². The maximum Gasteiger partial charge on any atom is 0.405 e. The van der Waals surface area contributed by atoms with Crippen LogP contribution in [0.2, 0.25) is 0 Å². The fourth-order valence-electron chi connectivity index (χ4n) is 6.18. The van der Waals surface area contributed by atoms with Crippen LogP contribution in [0.1, 0.15) is 53.6 Å². The fraction of sp³-hybridized carbons (Fsp3) is 0.387. The van der Waals surface area contributed by atoms with E-state index in [0.717, 1.165) is 65.9 Å². The molecule has 2 amide bonds. The summed E-state index contributed by atoms with van der Waals surface area (Å²) in [5.74, 6) is -0.841. The van der Waals surface area contributed by atoms with Gasteiger partial charge >= 0.3 is 6.18 Å². The number of carbonyl (C=O) groups excluding carboxylic acids is 2. The number of fused-ring (bicyclic) bond motifs is 3. The van der Waals surface area contributed by atoms with E-state index in [1.807, 2.05) is 48.5 Å². The molecule has 1 saturated heterocycles. The highest BCUT2D eigenvalue weighted by Gasteiger charge is 2.49. The summed E-state index contributed by atoms with van der Waals surface area (Å²) in [5.41, 5.74) is 2.49. The van der Waals surface area contributed by atoms with Gasteiger partial charge in [0.05, 0.1) is 0 Å². The van der Waals surface area contributed by atoms with Gasteiger partial charge in [0.25, 0.3) is 5.91 Å². The number of alkyl halides is 3. The van der Waals surface area contributed by atoms with Gasteiger partial charge in [0.1, 0.15) is 17.5 Å². The van der Waals surface area contributed by atoms with E-state index < -0.39 is 24.0 Å². The van der Waals surface area contributed by atoms with E-state index in [9.17, 15) is 28.0 Å². The predicted molar refractivity (Wildman–Crippen MR) is 146 cm³/mol. The molecule has 1 aliphatic carbocycles. The second-order valence-electron chi connectivity index (χ2n) is 10.8. The molecule has 216 valence electrons. The van der Waals surface area contributed by atoms with Crippen molar-refractivity contribution in [3.63, 3.8) is 0 Å². The van der Waals surface area contributed by atoms with Gasteiger partial charge in [0.2, 0.25) is 18.3 Å². The maximum absolute atomic E-state index is 13.6. The number of amides is 2. The number of hydrogen-bond donors (Lipinski definition) is 3. The van der Waals surface area contributed by atoms with Crippen LogP contribution in [0.15, 0.2) is 73.1 Å². The second kappa shape index (κ2) is 11.9. The van der Waals surface area contributed by atoms with Crippen molar-refractivity contribution in [1.82, 2.24) is 15.5 Å². The molecular weight excluding hydrogens is 533 g/mol. The molecule has 2 heterocycles. The Bertz CT molecular complexity index is 1360. The zero-order valence-corrected chi connectivity index (χ0v) is 22.7. The van der Waals surface area contributed by atoms with Gasteiger partial charge < -0.3 is 15.5 Å². The van der Waals surface area contributed by atoms with Crippen molar-refractivity contribution < 1.29 is 32.7 Å². The number of rotatable bonds is 9. The molecule has 0 atom stereocenters. The number of likely N-dealkylation sites (tertiary alicyclic amines) is 1. The summed E-state index contributed by atoms with van der Waals surface area (Å²) < 4.78 is 40.1. The minimum Gasteiger partial charge on any atom is -0.349 e. The topological polar surface area (TPSA) is 85.6 Å². The lowest BCUT2D eigenvalue weighted by Gasteiger charge is -2.33. The molecule has 3 aromatic rings. The summed E-state index contributed by atoms with van der Waals surface area (Å²) in [6.07, 6.45) is 1.74. The Labute approximate surface area is 237 Å². The lowest BCUT2D eigenvalue weighted by atomic mass is 9.73. The first kappa shape index (κ1) is 28.6. The minimum atomic E-state index is -4.50. The molecule has 0 spiro atoms. The minimum absolute atomic E-state index is 0.0400. The molecule has 0 radical (unpaired) electrons. The largest absolute Gasteiger partial charge is 0.405 e. The van der Waals surface area contributed by atoms with Crippen LogP contribution in [0.4, 0.5) is 13.2 Å². The summed E-state index contributed by atoms with van der Waals surface area (Å²) in [4.78, 5) is 28.4. The molecular formula is C31H34F3N4O3+. The van der Waals surface area contributed by atoms with Crippen LogP contribution < -0.4 is 15.4 Å². The van der Waals surface area contributed by atoms with E-state index in [2.05, 4.69) is 15.5 Å². The lowest BCUT2D eigenvalue weighted by molar-refractivity contribution is -0.904. The van der Waals surface area contributed by atoms with Gasteiger partial charge in [-0.15, -0.1) is 0 Å². The first-order valence-corrected chi connectivity index (χ1v) is 14.0. The first-order chi connectivity index (χ1) is 19.7. The van der Waals surface area contributed by atoms with E-state index >= 15 is 0 Å². The monoisotopic (exact) mass is 567 g/mol. The zero-order chi connectivity index (χ0) is 29.0. The van der Waals surface area contributed by atoms with Crippen molar-refractivity contribution in [3.8, 4) is 11.1 Å². The third-order valence-electron chi connectivity index (χ3n) is 8.15. The number of aromatic nitrogens is 1. The Kier molecular flexibility index (Phi) is 8.30. The number of carbonyl (C=O) groups is 2. The summed E-state index contributed by atoms with van der Waals surface area (Å²) >= 11 is 0. The average molecular weight is 568 g/mol. The Hall–Kier alpha value is -3.92. The lowest BCUT2D eigenvalue weighted by Crippen LogP contribution is -2.47. The van der Waals surface area contributed by atoms with Gasteiger partial charge in [-0.25, -0.2) is 0 Å². The molecule has 1 aromatic heterocycles. The Morgan fingerprint density at radius 1 is 0.951 bits per heavy atom. The predicted octanol–water partition coefficient (Wildman–Crippen LogP) is 4.22. The first-order valence-electron chi connectivity index (χ1n) is 14.0. The van der Waals surface area contributed by atoms with E-state index in [4.69, 9.17) is 0 Å². The Morgan fingerprint density at radius 3 is 2.20 bits per heavy atom. The number of unbranched alkanes of at least 4 members (excludes halogenated alkanes) is 1. The number of nitrogens with zero attached hydrogens (tertiary/aromatic N) is 2. The normalized spacial score (nSPS) is 16.6. The molecule has 1 aliphatic heterocycles. The van der Waals surface area contributed by atoms with Gasteiger partial charge in [0, 0.05) is 29.9 Å². The van der Waals surface area contributed by atoms with E-state index in [-0.39, 0.29) is 11.9 Å². The van der Waals surface area contributed by atoms with E-state index in [0.29, 0.717) is 18.4 Å². The van der Waals surface area contributed by atoms with Gasteiger partial charge in [-0.3, -0.25) is 14.8 Å². The summed E-state index contributed by atoms with van der Waals surface area (Å²) in [5, 5.41) is 14.8. The van der Waals surface area contributed by atoms with Gasteiger partial charge in [-0.1, -0.05) is 55.0 Å². The second-order valence-corrected chi connectivity index (χ2v) is 10.8. The number of nitrogens with one attached hydrogen (secondary N) is 2. The van der Waals surface area contributed by atoms with Crippen molar-refractivity contribution in [2.45, 2.75) is 49.7 Å². The molecule has 3 N–H and O–H groups in total. The number of halogens is 3. The Balaban J connectivity index is 1.20.